The van der Waals surface area contributed by atoms with Crippen LogP contribution in [0.3, 0.4) is 0 Å². The first-order valence-corrected chi connectivity index (χ1v) is 7.18. The Kier molecular flexibility index (Phi) is 2.82. The number of pyridine rings is 1. The molecule has 0 spiro atoms. The first kappa shape index (κ1) is 12.8. The molecule has 3 aromatic rings. The van der Waals surface area contributed by atoms with Gasteiger partial charge in [0.1, 0.15) is 0 Å². The van der Waals surface area contributed by atoms with E-state index in [1.807, 2.05) is 37.3 Å². The second-order valence-electron chi connectivity index (χ2n) is 5.33. The van der Waals surface area contributed by atoms with Gasteiger partial charge in [-0.1, -0.05) is 12.1 Å². The van der Waals surface area contributed by atoms with Crippen LogP contribution in [-0.2, 0) is 0 Å². The molecule has 0 unspecified atom stereocenters. The van der Waals surface area contributed by atoms with Crippen molar-refractivity contribution in [1.29, 1.82) is 0 Å². The average Bonchev–Trinajstić information content (AvgIpc) is 3.11. The van der Waals surface area contributed by atoms with Crippen LogP contribution in [0.25, 0.3) is 11.0 Å². The number of aryl methyl sites for hydroxylation is 1. The van der Waals surface area contributed by atoms with Gasteiger partial charge in [-0.2, -0.15) is 0 Å². The SMILES string of the molecule is Cc1ccncc1N1CCN(c2nc3ccccc3[nH]2)C1=O. The number of amides is 2. The summed E-state index contributed by atoms with van der Waals surface area (Å²) in [6.07, 6.45) is 3.46. The molecule has 3 heterocycles. The van der Waals surface area contributed by atoms with E-state index in [0.717, 1.165) is 22.3 Å². The van der Waals surface area contributed by atoms with Crippen LogP contribution in [0.2, 0.25) is 0 Å². The van der Waals surface area contributed by atoms with Crippen LogP contribution in [0.4, 0.5) is 16.4 Å². The molecule has 0 saturated carbocycles. The van der Waals surface area contributed by atoms with Gasteiger partial charge in [-0.05, 0) is 30.7 Å². The number of H-pyrrole nitrogens is 1. The van der Waals surface area contributed by atoms with Gasteiger partial charge in [0.25, 0.3) is 0 Å². The Morgan fingerprint density at radius 2 is 1.95 bits per heavy atom. The molecule has 1 saturated heterocycles. The van der Waals surface area contributed by atoms with E-state index in [4.69, 9.17) is 0 Å². The second-order valence-corrected chi connectivity index (χ2v) is 5.33. The van der Waals surface area contributed by atoms with Crippen molar-refractivity contribution in [2.45, 2.75) is 6.92 Å². The molecule has 0 aliphatic carbocycles. The lowest BCUT2D eigenvalue weighted by Crippen LogP contribution is -2.32. The zero-order valence-corrected chi connectivity index (χ0v) is 12.2. The van der Waals surface area contributed by atoms with Crippen LogP contribution in [-0.4, -0.2) is 34.1 Å². The Bertz CT molecular complexity index is 823. The van der Waals surface area contributed by atoms with Crippen molar-refractivity contribution in [2.75, 3.05) is 22.9 Å². The first-order chi connectivity index (χ1) is 10.7. The number of hydrogen-bond acceptors (Lipinski definition) is 3. The van der Waals surface area contributed by atoms with Crippen molar-refractivity contribution < 1.29 is 4.79 Å². The summed E-state index contributed by atoms with van der Waals surface area (Å²) >= 11 is 0. The number of carbonyl (C=O) groups is 1. The Morgan fingerprint density at radius 1 is 1.14 bits per heavy atom. The quantitative estimate of drug-likeness (QED) is 0.790. The molecule has 2 aromatic heterocycles. The third kappa shape index (κ3) is 1.92. The van der Waals surface area contributed by atoms with E-state index in [2.05, 4.69) is 15.0 Å². The lowest BCUT2D eigenvalue weighted by Gasteiger charge is -2.18. The Labute approximate surface area is 127 Å². The maximum absolute atomic E-state index is 12.7. The molecule has 0 radical (unpaired) electrons. The van der Waals surface area contributed by atoms with Gasteiger partial charge in [-0.15, -0.1) is 0 Å². The van der Waals surface area contributed by atoms with Gasteiger partial charge in [0, 0.05) is 19.3 Å². The largest absolute Gasteiger partial charge is 0.331 e. The van der Waals surface area contributed by atoms with Crippen molar-refractivity contribution in [3.63, 3.8) is 0 Å². The lowest BCUT2D eigenvalue weighted by molar-refractivity contribution is 0.255. The number of hydrogen-bond donors (Lipinski definition) is 1. The van der Waals surface area contributed by atoms with Gasteiger partial charge >= 0.3 is 6.03 Å². The van der Waals surface area contributed by atoms with Crippen LogP contribution in [0.5, 0.6) is 0 Å². The van der Waals surface area contributed by atoms with Crippen molar-refractivity contribution in [1.82, 2.24) is 15.0 Å². The summed E-state index contributed by atoms with van der Waals surface area (Å²) in [6.45, 7) is 3.21. The topological polar surface area (TPSA) is 65.1 Å². The highest BCUT2D eigenvalue weighted by atomic mass is 16.2. The number of nitrogens with one attached hydrogen (secondary N) is 1. The smallest absolute Gasteiger partial charge is 0.324 e. The minimum atomic E-state index is -0.0739. The van der Waals surface area contributed by atoms with Crippen molar-refractivity contribution >= 4 is 28.7 Å². The normalized spacial score (nSPS) is 15.0. The lowest BCUT2D eigenvalue weighted by atomic mass is 10.2. The van der Waals surface area contributed by atoms with Gasteiger partial charge in [0.05, 0.1) is 22.9 Å². The molecule has 1 aliphatic rings. The highest BCUT2D eigenvalue weighted by molar-refractivity contribution is 6.06. The van der Waals surface area contributed by atoms with E-state index in [1.54, 1.807) is 22.2 Å². The van der Waals surface area contributed by atoms with E-state index in [0.29, 0.717) is 19.0 Å². The summed E-state index contributed by atoms with van der Waals surface area (Å²) in [7, 11) is 0. The third-order valence-corrected chi connectivity index (χ3v) is 3.94. The molecular formula is C16H15N5O. The molecule has 1 fully saturated rings. The highest BCUT2D eigenvalue weighted by Crippen LogP contribution is 2.26. The van der Waals surface area contributed by atoms with E-state index in [1.165, 1.54) is 0 Å². The fraction of sp³-hybridized carbons (Fsp3) is 0.188. The minimum absolute atomic E-state index is 0.0739. The Morgan fingerprint density at radius 3 is 2.77 bits per heavy atom. The fourth-order valence-electron chi connectivity index (χ4n) is 2.76. The number of aromatic nitrogens is 3. The summed E-state index contributed by atoms with van der Waals surface area (Å²) in [5, 5.41) is 0. The zero-order chi connectivity index (χ0) is 15.1. The summed E-state index contributed by atoms with van der Waals surface area (Å²) in [5.41, 5.74) is 3.68. The number of anilines is 2. The molecule has 6 heteroatoms. The van der Waals surface area contributed by atoms with Gasteiger partial charge in [-0.3, -0.25) is 14.8 Å². The number of urea groups is 1. The maximum Gasteiger partial charge on any atom is 0.331 e. The Hall–Kier alpha value is -2.89. The first-order valence-electron chi connectivity index (χ1n) is 7.18. The maximum atomic E-state index is 12.7. The fourth-order valence-corrected chi connectivity index (χ4v) is 2.76. The summed E-state index contributed by atoms with van der Waals surface area (Å²) in [4.78, 5) is 27.9. The monoisotopic (exact) mass is 293 g/mol. The zero-order valence-electron chi connectivity index (χ0n) is 12.2. The predicted molar refractivity (Wildman–Crippen MR) is 85.2 cm³/mol. The predicted octanol–water partition coefficient (Wildman–Crippen LogP) is 2.71. The molecule has 1 aliphatic heterocycles. The molecule has 22 heavy (non-hydrogen) atoms. The number of para-hydroxylation sites is 2. The van der Waals surface area contributed by atoms with E-state index in [-0.39, 0.29) is 6.03 Å². The third-order valence-electron chi connectivity index (χ3n) is 3.94. The molecule has 2 amide bonds. The molecular weight excluding hydrogens is 278 g/mol. The van der Waals surface area contributed by atoms with E-state index < -0.39 is 0 Å². The molecule has 6 nitrogen and oxygen atoms in total. The van der Waals surface area contributed by atoms with Crippen LogP contribution >= 0.6 is 0 Å². The number of rotatable bonds is 2. The summed E-state index contributed by atoms with van der Waals surface area (Å²) in [5.74, 6) is 0.593. The van der Waals surface area contributed by atoms with Crippen LogP contribution in [0, 0.1) is 6.92 Å². The Balaban J connectivity index is 1.68. The summed E-state index contributed by atoms with van der Waals surface area (Å²) in [6, 6.07) is 9.60. The number of carbonyl (C=O) groups excluding carboxylic acids is 1. The molecule has 1 aromatic carbocycles. The molecule has 1 N–H and O–H groups in total. The van der Waals surface area contributed by atoms with Crippen LogP contribution < -0.4 is 9.80 Å². The standard InChI is InChI=1S/C16H15N5O/c1-11-6-7-17-10-14(11)20-8-9-21(16(20)22)15-18-12-4-2-3-5-13(12)19-15/h2-7,10H,8-9H2,1H3,(H,18,19). The number of nitrogens with zero attached hydrogens (tertiary/aromatic N) is 4. The van der Waals surface area contributed by atoms with Crippen LogP contribution in [0.15, 0.2) is 42.7 Å². The molecule has 0 atom stereocenters. The van der Waals surface area contributed by atoms with Gasteiger partial charge < -0.3 is 4.98 Å². The highest BCUT2D eigenvalue weighted by Gasteiger charge is 2.33. The van der Waals surface area contributed by atoms with E-state index in [9.17, 15) is 4.79 Å². The second kappa shape index (κ2) is 4.84. The number of aromatic amines is 1. The van der Waals surface area contributed by atoms with Gasteiger partial charge in [0.15, 0.2) is 0 Å². The van der Waals surface area contributed by atoms with Crippen molar-refractivity contribution in [2.24, 2.45) is 0 Å². The summed E-state index contributed by atoms with van der Waals surface area (Å²) < 4.78 is 0. The molecule has 110 valence electrons. The number of fused-ring (bicyclic) bond motifs is 1. The van der Waals surface area contributed by atoms with Gasteiger partial charge in [-0.25, -0.2) is 9.78 Å². The average molecular weight is 293 g/mol. The van der Waals surface area contributed by atoms with Gasteiger partial charge in [0.2, 0.25) is 5.95 Å². The number of imidazole rings is 1. The minimum Gasteiger partial charge on any atom is -0.324 e. The number of benzene rings is 1. The van der Waals surface area contributed by atoms with Crippen molar-refractivity contribution in [3.8, 4) is 0 Å². The van der Waals surface area contributed by atoms with E-state index >= 15 is 0 Å². The van der Waals surface area contributed by atoms with Crippen LogP contribution in [0.1, 0.15) is 5.56 Å². The molecule has 0 bridgehead atoms. The van der Waals surface area contributed by atoms with Crippen molar-refractivity contribution in [3.05, 3.63) is 48.3 Å². The molecule has 4 rings (SSSR count).